The molecule has 0 radical (unpaired) electrons. The van der Waals surface area contributed by atoms with E-state index in [1.165, 1.54) is 16.7 Å². The van der Waals surface area contributed by atoms with Gasteiger partial charge in [0.05, 0.1) is 11.3 Å². The molecule has 6 heteroatoms. The van der Waals surface area contributed by atoms with Crippen LogP contribution in [-0.2, 0) is 11.1 Å². The van der Waals surface area contributed by atoms with Crippen LogP contribution in [0.1, 0.15) is 57.9 Å². The summed E-state index contributed by atoms with van der Waals surface area (Å²) in [5.41, 5.74) is 18.1. The highest BCUT2D eigenvalue weighted by Gasteiger charge is 2.54. The number of carbonyl (C=O) groups is 1. The molecule has 2 aromatic heterocycles. The quantitative estimate of drug-likeness (QED) is 0.145. The summed E-state index contributed by atoms with van der Waals surface area (Å²) in [5.74, 6) is -0.737. The van der Waals surface area contributed by atoms with Gasteiger partial charge in [-0.15, -0.1) is 0 Å². The fourth-order valence-corrected chi connectivity index (χ4v) is 16.4. The van der Waals surface area contributed by atoms with Gasteiger partial charge in [0.1, 0.15) is 22.3 Å². The van der Waals surface area contributed by atoms with Gasteiger partial charge >= 0.3 is 0 Å². The van der Waals surface area contributed by atoms with Crippen LogP contribution in [-0.4, -0.2) is 10.9 Å². The van der Waals surface area contributed by atoms with E-state index in [0.29, 0.717) is 61.6 Å². The molecule has 0 bridgehead atoms. The second-order valence-electron chi connectivity index (χ2n) is 26.2. The number of furan rings is 2. The van der Waals surface area contributed by atoms with Crippen molar-refractivity contribution in [1.82, 2.24) is 0 Å². The lowest BCUT2D eigenvalue weighted by atomic mass is 9.73. The maximum absolute atomic E-state index is 18.2. The van der Waals surface area contributed by atoms with Gasteiger partial charge in [0, 0.05) is 83.8 Å². The molecule has 4 aliphatic carbocycles. The van der Waals surface area contributed by atoms with Crippen LogP contribution in [0.2, 0.25) is 0 Å². The molecule has 0 aliphatic heterocycles. The van der Waals surface area contributed by atoms with Gasteiger partial charge in [-0.2, -0.15) is 0 Å². The molecule has 2 heterocycles. The number of nitrogens with zero attached hydrogens (tertiary/aromatic N) is 2. The van der Waals surface area contributed by atoms with Gasteiger partial charge in [-0.25, -0.2) is 0 Å². The number of allylic oxidation sites excluding steroid dienone is 4. The largest absolute Gasteiger partial charge is 0.455 e. The van der Waals surface area contributed by atoms with E-state index < -0.39 is 16.9 Å². The van der Waals surface area contributed by atoms with Gasteiger partial charge in [-0.05, 0) is 145 Å². The number of hydrogen-bond donors (Lipinski definition) is 1. The number of Topliss-reactive ketones (excluding diaryl/α,β-unsaturated/α-hetero) is 1. The molecule has 3 unspecified atom stereocenters. The molecule has 0 amide bonds. The van der Waals surface area contributed by atoms with Crippen LogP contribution in [0.15, 0.2) is 318 Å². The van der Waals surface area contributed by atoms with Crippen molar-refractivity contribution in [2.75, 3.05) is 9.80 Å². The Labute approximate surface area is 549 Å². The summed E-state index contributed by atoms with van der Waals surface area (Å²) >= 11 is 0. The highest BCUT2D eigenvalue weighted by atomic mass is 16.3. The lowest BCUT2D eigenvalue weighted by Crippen LogP contribution is -2.52. The summed E-state index contributed by atoms with van der Waals surface area (Å²) in [5, 5.41) is 21.0. The maximum Gasteiger partial charge on any atom is 0.235 e. The summed E-state index contributed by atoms with van der Waals surface area (Å²) in [6, 6.07) is 97.0. The van der Waals surface area contributed by atoms with E-state index >= 15 is 9.90 Å². The molecule has 95 heavy (non-hydrogen) atoms. The summed E-state index contributed by atoms with van der Waals surface area (Å²) in [6.45, 7) is 4.53. The minimum absolute atomic E-state index is 0.0355. The van der Waals surface area contributed by atoms with Crippen molar-refractivity contribution in [3.63, 3.8) is 0 Å². The van der Waals surface area contributed by atoms with Crippen molar-refractivity contribution in [2.24, 2.45) is 5.92 Å². The van der Waals surface area contributed by atoms with E-state index in [4.69, 9.17) is 8.83 Å². The lowest BCUT2D eigenvalue weighted by molar-refractivity contribution is 0.0328. The van der Waals surface area contributed by atoms with Crippen LogP contribution in [0.4, 0.5) is 22.7 Å². The van der Waals surface area contributed by atoms with Crippen LogP contribution in [0.5, 0.6) is 0 Å². The Bertz CT molecular complexity index is 5830. The molecule has 6 nitrogen and oxygen atoms in total. The third kappa shape index (κ3) is 8.11. The Morgan fingerprint density at radius 1 is 0.411 bits per heavy atom. The van der Waals surface area contributed by atoms with Gasteiger partial charge in [0.15, 0.2) is 0 Å². The van der Waals surface area contributed by atoms with Crippen LogP contribution in [0, 0.1) is 5.92 Å². The molecule has 1 N–H and O–H groups in total. The predicted molar refractivity (Wildman–Crippen MR) is 389 cm³/mol. The Morgan fingerprint density at radius 2 is 1.04 bits per heavy atom. The second-order valence-corrected chi connectivity index (χ2v) is 26.2. The minimum atomic E-state index is -2.46. The third-order valence-electron chi connectivity index (χ3n) is 20.8. The molecular formula is C89H60N2O4. The standard InChI is InChI=1S/C89H60N2O4/c1-88(2)74-42-19-18-37-67(74)68-46-44-62(52-76(68)88)91(60-31-10-5-11-32-60)89(93)75-47-48-79-81(72-41-22-40-71(85(72)94-79)66-39-21-29-56-27-12-14-34-63(56)66)82(75)84-83(87(89)92)78(53-73-70-45-43-58(51-80(70)95-86(73)84)55-25-8-4-9-26-55)90(61-33-20-30-57(49-61)54-23-6-3-7-24-54)77-50-59-28-13-15-35-64(59)65-36-16-17-38-69(65)77/h3-53,65,69,93H,1-2H3. The molecule has 450 valence electrons. The molecule has 15 aromatic rings. The SMILES string of the molecule is CC1(C)c2ccccc2-c2ccc(N(c3ccccc3)C3(O)C(=O)c4c(N(C5=Cc6ccccc6C6C=CC=CC56)c5cccc(-c6ccccc6)c5)cc5c(oc6cc(-c7ccccc7)ccc65)c4-c4c3ccc3oc5c(-c6cccc7ccccc67)cccc5c43)cc21. The summed E-state index contributed by atoms with van der Waals surface area (Å²) in [4.78, 5) is 22.4. The van der Waals surface area contributed by atoms with Crippen molar-refractivity contribution in [2.45, 2.75) is 30.9 Å². The van der Waals surface area contributed by atoms with E-state index in [9.17, 15) is 0 Å². The average Bonchev–Trinajstić information content (AvgIpc) is 1.67. The van der Waals surface area contributed by atoms with Gasteiger partial charge in [0.25, 0.3) is 0 Å². The van der Waals surface area contributed by atoms with Crippen molar-refractivity contribution >= 4 is 89.3 Å². The first-order valence-corrected chi connectivity index (χ1v) is 32.7. The topological polar surface area (TPSA) is 70.1 Å². The maximum atomic E-state index is 18.2. The van der Waals surface area contributed by atoms with E-state index in [1.807, 2.05) is 59.5 Å². The van der Waals surface area contributed by atoms with Crippen molar-refractivity contribution in [3.8, 4) is 55.6 Å². The first kappa shape index (κ1) is 54.9. The monoisotopic (exact) mass is 1220 g/mol. The Balaban J connectivity index is 0.983. The van der Waals surface area contributed by atoms with Crippen molar-refractivity contribution in [1.29, 1.82) is 0 Å². The fourth-order valence-electron chi connectivity index (χ4n) is 16.4. The zero-order chi connectivity index (χ0) is 63.3. The molecule has 3 atom stereocenters. The number of para-hydroxylation sites is 2. The van der Waals surface area contributed by atoms with E-state index in [1.54, 1.807) is 0 Å². The Kier molecular flexibility index (Phi) is 12.0. The zero-order valence-electron chi connectivity index (χ0n) is 52.2. The van der Waals surface area contributed by atoms with Gasteiger partial charge in [-0.3, -0.25) is 4.79 Å². The number of hydrogen-bond acceptors (Lipinski definition) is 6. The molecule has 19 rings (SSSR count). The third-order valence-corrected chi connectivity index (χ3v) is 20.8. The molecule has 4 aliphatic rings. The molecular weight excluding hydrogens is 1160 g/mol. The van der Waals surface area contributed by atoms with E-state index in [0.717, 1.165) is 93.8 Å². The van der Waals surface area contributed by atoms with Crippen LogP contribution >= 0.6 is 0 Å². The number of anilines is 4. The average molecular weight is 1220 g/mol. The Morgan fingerprint density at radius 3 is 1.87 bits per heavy atom. The van der Waals surface area contributed by atoms with Crippen LogP contribution in [0.3, 0.4) is 0 Å². The first-order valence-electron chi connectivity index (χ1n) is 32.7. The first-order chi connectivity index (χ1) is 46.7. The number of fused-ring (bicyclic) bond motifs is 18. The van der Waals surface area contributed by atoms with Crippen LogP contribution < -0.4 is 9.80 Å². The normalized spacial score (nSPS) is 17.1. The number of benzene rings is 13. The highest BCUT2D eigenvalue weighted by molar-refractivity contribution is 6.30. The molecule has 0 spiro atoms. The smallest absolute Gasteiger partial charge is 0.235 e. The predicted octanol–water partition coefficient (Wildman–Crippen LogP) is 22.8. The van der Waals surface area contributed by atoms with Gasteiger partial charge in [-0.1, -0.05) is 250 Å². The highest BCUT2D eigenvalue weighted by Crippen LogP contribution is 2.60. The van der Waals surface area contributed by atoms with Gasteiger partial charge in [0.2, 0.25) is 11.5 Å². The minimum Gasteiger partial charge on any atom is -0.455 e. The summed E-state index contributed by atoms with van der Waals surface area (Å²) < 4.78 is 14.9. The van der Waals surface area contributed by atoms with E-state index in [-0.39, 0.29) is 11.8 Å². The molecule has 0 saturated heterocycles. The second kappa shape index (κ2) is 20.8. The van der Waals surface area contributed by atoms with Crippen molar-refractivity contribution in [3.05, 3.63) is 342 Å². The van der Waals surface area contributed by atoms with Crippen LogP contribution in [0.25, 0.3) is 116 Å². The molecule has 0 saturated carbocycles. The van der Waals surface area contributed by atoms with Gasteiger partial charge < -0.3 is 23.7 Å². The lowest BCUT2D eigenvalue weighted by Gasteiger charge is -2.45. The zero-order valence-corrected chi connectivity index (χ0v) is 52.2. The summed E-state index contributed by atoms with van der Waals surface area (Å²) in [6.07, 6.45) is 11.2. The molecule has 13 aromatic carbocycles. The fraction of sp³-hybridized carbons (Fsp3) is 0.0674. The number of carbonyl (C=O) groups excluding carboxylic acids is 1. The Hall–Kier alpha value is -11.8. The number of rotatable bonds is 9. The number of ketones is 1. The number of aliphatic hydroxyl groups is 1. The van der Waals surface area contributed by atoms with E-state index in [2.05, 4.69) is 274 Å². The van der Waals surface area contributed by atoms with Crippen molar-refractivity contribution < 1.29 is 18.7 Å². The molecule has 0 fully saturated rings. The summed E-state index contributed by atoms with van der Waals surface area (Å²) in [7, 11) is 0.